The van der Waals surface area contributed by atoms with Gasteiger partial charge in [0.05, 0.1) is 24.1 Å². The monoisotopic (exact) mass is 473 g/mol. The van der Waals surface area contributed by atoms with E-state index in [4.69, 9.17) is 15.0 Å². The van der Waals surface area contributed by atoms with E-state index in [1.54, 1.807) is 6.07 Å². The fourth-order valence-corrected chi connectivity index (χ4v) is 4.39. The number of aryl methyl sites for hydroxylation is 1. The summed E-state index contributed by atoms with van der Waals surface area (Å²) in [4.78, 5) is 39.9. The number of carbonyl (C=O) groups excluding carboxylic acids is 3. The number of unbranched alkanes of at least 4 members (excludes halogenated alkanes) is 1. The summed E-state index contributed by atoms with van der Waals surface area (Å²) in [7, 11) is 1.29. The Bertz CT molecular complexity index is 1160. The van der Waals surface area contributed by atoms with Gasteiger partial charge in [-0.15, -0.1) is 11.3 Å². The Labute approximate surface area is 195 Å². The molecule has 0 aliphatic rings. The van der Waals surface area contributed by atoms with Gasteiger partial charge in [-0.2, -0.15) is 0 Å². The third-order valence-electron chi connectivity index (χ3n) is 5.23. The van der Waals surface area contributed by atoms with Crippen LogP contribution in [-0.4, -0.2) is 45.6 Å². The zero-order valence-corrected chi connectivity index (χ0v) is 19.8. The number of esters is 1. The molecule has 0 radical (unpaired) electrons. The molecule has 176 valence electrons. The first-order valence-corrected chi connectivity index (χ1v) is 11.3. The predicted octanol–water partition coefficient (Wildman–Crippen LogP) is 2.83. The third kappa shape index (κ3) is 5.67. The molecule has 3 aromatic heterocycles. The quantitative estimate of drug-likeness (QED) is 0.340. The van der Waals surface area contributed by atoms with Crippen LogP contribution in [0.3, 0.4) is 0 Å². The van der Waals surface area contributed by atoms with Crippen LogP contribution >= 0.6 is 11.3 Å². The normalized spacial score (nSPS) is 11.9. The largest absolute Gasteiger partial charge is 0.467 e. The molecular weight excluding hydrogens is 446 g/mol. The summed E-state index contributed by atoms with van der Waals surface area (Å²) in [6.45, 7) is 5.60. The molecule has 3 heterocycles. The Hall–Kier alpha value is -3.47. The molecule has 2 amide bonds. The number of nitrogens with zero attached hydrogens (tertiary/aromatic N) is 3. The lowest BCUT2D eigenvalue weighted by atomic mass is 10.1. The molecule has 0 aliphatic carbocycles. The molecule has 11 heteroatoms. The van der Waals surface area contributed by atoms with E-state index in [9.17, 15) is 14.4 Å². The molecule has 0 aliphatic heterocycles. The Morgan fingerprint density at radius 2 is 2.00 bits per heavy atom. The summed E-state index contributed by atoms with van der Waals surface area (Å²) in [6.07, 6.45) is 1.80. The smallest absolute Gasteiger partial charge is 0.328 e. The summed E-state index contributed by atoms with van der Waals surface area (Å²) in [6, 6.07) is 2.87. The summed E-state index contributed by atoms with van der Waals surface area (Å²) < 4.78 is 11.9. The summed E-state index contributed by atoms with van der Waals surface area (Å²) in [5, 5.41) is 9.24. The molecule has 0 saturated heterocycles. The molecule has 3 aromatic rings. The number of aromatic nitrogens is 3. The molecule has 3 rings (SSSR count). The molecule has 0 saturated carbocycles. The van der Waals surface area contributed by atoms with Crippen LogP contribution in [0.25, 0.3) is 22.1 Å². The fourth-order valence-electron chi connectivity index (χ4n) is 3.63. The molecular formula is C22H27N5O5S. The Morgan fingerprint density at radius 1 is 1.24 bits per heavy atom. The second-order valence-electron chi connectivity index (χ2n) is 7.68. The van der Waals surface area contributed by atoms with Crippen molar-refractivity contribution in [2.24, 2.45) is 5.73 Å². The number of carbonyl (C=O) groups is 3. The van der Waals surface area contributed by atoms with Crippen LogP contribution < -0.4 is 11.1 Å². The first-order chi connectivity index (χ1) is 15.7. The molecule has 10 nitrogen and oxygen atoms in total. The van der Waals surface area contributed by atoms with Crippen molar-refractivity contribution in [1.29, 1.82) is 0 Å². The molecule has 0 bridgehead atoms. The van der Waals surface area contributed by atoms with Gasteiger partial charge in [-0.1, -0.05) is 5.16 Å². The number of amides is 2. The number of hydrogen-bond donors (Lipinski definition) is 2. The minimum atomic E-state index is -0.689. The second kappa shape index (κ2) is 10.4. The molecule has 0 aromatic carbocycles. The number of primary amides is 1. The number of methoxy groups -OCH3 is 1. The maximum atomic E-state index is 12.0. The van der Waals surface area contributed by atoms with E-state index in [0.717, 1.165) is 11.4 Å². The molecule has 1 atom stereocenters. The van der Waals surface area contributed by atoms with Gasteiger partial charge >= 0.3 is 5.97 Å². The summed E-state index contributed by atoms with van der Waals surface area (Å²) >= 11 is 1.43. The van der Waals surface area contributed by atoms with Gasteiger partial charge in [0.1, 0.15) is 22.5 Å². The highest BCUT2D eigenvalue weighted by Gasteiger charge is 2.21. The maximum absolute atomic E-state index is 12.0. The summed E-state index contributed by atoms with van der Waals surface area (Å²) in [5.41, 5.74) is 8.89. The lowest BCUT2D eigenvalue weighted by Crippen LogP contribution is -2.40. The zero-order valence-electron chi connectivity index (χ0n) is 19.0. The number of nitrogens with one attached hydrogen (secondary N) is 1. The number of nitrogens with two attached hydrogens (primary N) is 1. The van der Waals surface area contributed by atoms with Gasteiger partial charge in [0.2, 0.25) is 5.91 Å². The number of thiazole rings is 1. The van der Waals surface area contributed by atoms with E-state index < -0.39 is 17.9 Å². The lowest BCUT2D eigenvalue weighted by Gasteiger charge is -2.16. The highest BCUT2D eigenvalue weighted by atomic mass is 32.1. The predicted molar refractivity (Wildman–Crippen MR) is 123 cm³/mol. The van der Waals surface area contributed by atoms with E-state index in [0.29, 0.717) is 53.5 Å². The van der Waals surface area contributed by atoms with Gasteiger partial charge in [-0.3, -0.25) is 9.59 Å². The van der Waals surface area contributed by atoms with Crippen LogP contribution in [0.15, 0.2) is 22.0 Å². The summed E-state index contributed by atoms with van der Waals surface area (Å²) in [5.74, 6) is -0.577. The molecule has 0 spiro atoms. The molecule has 33 heavy (non-hydrogen) atoms. The van der Waals surface area contributed by atoms with Crippen molar-refractivity contribution in [2.75, 3.05) is 7.11 Å². The highest BCUT2D eigenvalue weighted by molar-refractivity contribution is 7.13. The van der Waals surface area contributed by atoms with Crippen molar-refractivity contribution in [3.05, 3.63) is 34.5 Å². The average molecular weight is 474 g/mol. The number of ether oxygens (including phenoxy) is 1. The molecule has 0 fully saturated rings. The van der Waals surface area contributed by atoms with E-state index >= 15 is 0 Å². The number of hydrogen-bond acceptors (Lipinski definition) is 8. The average Bonchev–Trinajstić information content (AvgIpc) is 3.48. The molecule has 1 unspecified atom stereocenters. The van der Waals surface area contributed by atoms with Crippen LogP contribution in [0.4, 0.5) is 0 Å². The zero-order chi connectivity index (χ0) is 24.1. The van der Waals surface area contributed by atoms with Crippen LogP contribution in [0.2, 0.25) is 0 Å². The maximum Gasteiger partial charge on any atom is 0.328 e. The SMILES string of the molecule is COC(=O)C(CCCCn1c(-c2csc(-c3cc(C)on3)n2)cc(C(N)=O)c1C)NC(C)=O. The van der Waals surface area contributed by atoms with Crippen LogP contribution in [0, 0.1) is 13.8 Å². The second-order valence-corrected chi connectivity index (χ2v) is 8.54. The Balaban J connectivity index is 1.78. The van der Waals surface area contributed by atoms with Crippen LogP contribution in [0.5, 0.6) is 0 Å². The first kappa shape index (κ1) is 24.2. The van der Waals surface area contributed by atoms with Crippen LogP contribution in [-0.2, 0) is 20.9 Å². The van der Waals surface area contributed by atoms with E-state index in [-0.39, 0.29) is 5.91 Å². The van der Waals surface area contributed by atoms with Crippen LogP contribution in [0.1, 0.15) is 48.0 Å². The lowest BCUT2D eigenvalue weighted by molar-refractivity contribution is -0.145. The van der Waals surface area contributed by atoms with Crippen molar-refractivity contribution >= 4 is 29.1 Å². The van der Waals surface area contributed by atoms with Crippen molar-refractivity contribution in [3.63, 3.8) is 0 Å². The molecule has 3 N–H and O–H groups in total. The van der Waals surface area contributed by atoms with Gasteiger partial charge in [0, 0.05) is 30.6 Å². The fraction of sp³-hybridized carbons (Fsp3) is 0.409. The van der Waals surface area contributed by atoms with Crippen molar-refractivity contribution in [1.82, 2.24) is 20.0 Å². The van der Waals surface area contributed by atoms with E-state index in [1.807, 2.05) is 29.9 Å². The van der Waals surface area contributed by atoms with Gasteiger partial charge in [-0.05, 0) is 39.2 Å². The van der Waals surface area contributed by atoms with Gasteiger partial charge in [0.15, 0.2) is 0 Å². The van der Waals surface area contributed by atoms with Crippen molar-refractivity contribution < 1.29 is 23.6 Å². The Morgan fingerprint density at radius 3 is 2.61 bits per heavy atom. The van der Waals surface area contributed by atoms with E-state index in [2.05, 4.69) is 15.5 Å². The topological polar surface area (TPSA) is 142 Å². The Kier molecular flexibility index (Phi) is 7.64. The van der Waals surface area contributed by atoms with Gasteiger partial charge in [-0.25, -0.2) is 9.78 Å². The minimum Gasteiger partial charge on any atom is -0.467 e. The standard InChI is InChI=1S/C22H27N5O5S/c1-12-9-17(26-32-12)21-25-18(11-33-21)19-10-15(20(23)29)13(2)27(19)8-6-5-7-16(22(30)31-4)24-14(3)28/h9-11,16H,5-8H2,1-4H3,(H2,23,29)(H,24,28). The number of rotatable bonds is 10. The highest BCUT2D eigenvalue weighted by Crippen LogP contribution is 2.31. The van der Waals surface area contributed by atoms with E-state index in [1.165, 1.54) is 25.4 Å². The first-order valence-electron chi connectivity index (χ1n) is 10.5. The van der Waals surface area contributed by atoms with Crippen molar-refractivity contribution in [3.8, 4) is 22.1 Å². The van der Waals surface area contributed by atoms with Crippen molar-refractivity contribution in [2.45, 2.75) is 52.6 Å². The minimum absolute atomic E-state index is 0.290. The van der Waals surface area contributed by atoms with Gasteiger partial charge in [0.25, 0.3) is 5.91 Å². The van der Waals surface area contributed by atoms with Gasteiger partial charge < -0.3 is 24.9 Å². The third-order valence-corrected chi connectivity index (χ3v) is 6.10.